The molecular weight excluding hydrogens is 488 g/mol. The highest BCUT2D eigenvalue weighted by Crippen LogP contribution is 2.27. The number of para-hydroxylation sites is 1. The van der Waals surface area contributed by atoms with E-state index in [1.807, 2.05) is 66.2 Å². The summed E-state index contributed by atoms with van der Waals surface area (Å²) >= 11 is 0. The van der Waals surface area contributed by atoms with Crippen molar-refractivity contribution in [2.45, 2.75) is 52.4 Å². The third-order valence-electron chi connectivity index (χ3n) is 7.22. The molecule has 0 aliphatic heterocycles. The van der Waals surface area contributed by atoms with Crippen LogP contribution in [0.2, 0.25) is 0 Å². The minimum absolute atomic E-state index is 0.0740. The molecule has 8 nitrogen and oxygen atoms in total. The summed E-state index contributed by atoms with van der Waals surface area (Å²) in [6, 6.07) is 26.4. The van der Waals surface area contributed by atoms with Crippen molar-refractivity contribution in [2.24, 2.45) is 0 Å². The van der Waals surface area contributed by atoms with E-state index in [-0.39, 0.29) is 11.6 Å². The van der Waals surface area contributed by atoms with Crippen LogP contribution in [0.15, 0.2) is 83.7 Å². The summed E-state index contributed by atoms with van der Waals surface area (Å²) in [7, 11) is 1.66. The van der Waals surface area contributed by atoms with Gasteiger partial charge in [-0.1, -0.05) is 67.6 Å². The van der Waals surface area contributed by atoms with Crippen molar-refractivity contribution in [3.8, 4) is 5.75 Å². The largest absolute Gasteiger partial charge is 0.497 e. The smallest absolute Gasteiger partial charge is 0.252 e. The zero-order chi connectivity index (χ0) is 27.2. The average Bonchev–Trinajstić information content (AvgIpc) is 3.42. The molecule has 0 spiro atoms. The van der Waals surface area contributed by atoms with Crippen LogP contribution in [0.3, 0.4) is 0 Å². The summed E-state index contributed by atoms with van der Waals surface area (Å²) in [5.74, 6) is 1.61. The van der Waals surface area contributed by atoms with E-state index in [0.717, 1.165) is 46.4 Å². The zero-order valence-electron chi connectivity index (χ0n) is 22.7. The lowest BCUT2D eigenvalue weighted by Crippen LogP contribution is -2.32. The summed E-state index contributed by atoms with van der Waals surface area (Å²) in [6.07, 6.45) is 1.62. The van der Waals surface area contributed by atoms with Gasteiger partial charge in [0.2, 0.25) is 0 Å². The zero-order valence-corrected chi connectivity index (χ0v) is 22.7. The van der Waals surface area contributed by atoms with E-state index in [4.69, 9.17) is 4.74 Å². The molecule has 0 saturated heterocycles. The number of nitrogens with one attached hydrogen (secondary N) is 1. The third-order valence-corrected chi connectivity index (χ3v) is 7.22. The topological polar surface area (TPSA) is 88.9 Å². The highest BCUT2D eigenvalue weighted by atomic mass is 16.5. The Kier molecular flexibility index (Phi) is 8.13. The summed E-state index contributed by atoms with van der Waals surface area (Å²) in [6.45, 7) is 5.90. The molecular formula is C31H34N6O2. The van der Waals surface area contributed by atoms with Crippen LogP contribution in [-0.4, -0.2) is 37.2 Å². The lowest BCUT2D eigenvalue weighted by atomic mass is 10.1. The number of fused-ring (bicyclic) bond motifs is 1. The molecule has 2 heterocycles. The van der Waals surface area contributed by atoms with Crippen molar-refractivity contribution < 1.29 is 4.74 Å². The molecule has 5 rings (SSSR count). The van der Waals surface area contributed by atoms with Gasteiger partial charge >= 0.3 is 0 Å². The molecule has 3 aromatic carbocycles. The highest BCUT2D eigenvalue weighted by molar-refractivity contribution is 5.81. The maximum Gasteiger partial charge on any atom is 0.252 e. The number of benzene rings is 3. The molecule has 200 valence electrons. The molecule has 2 aromatic heterocycles. The van der Waals surface area contributed by atoms with Crippen LogP contribution in [0.1, 0.15) is 47.5 Å². The summed E-state index contributed by atoms with van der Waals surface area (Å²) in [5, 5.41) is 13.9. The number of tetrazole rings is 1. The highest BCUT2D eigenvalue weighted by Gasteiger charge is 2.26. The van der Waals surface area contributed by atoms with E-state index >= 15 is 0 Å². The van der Waals surface area contributed by atoms with Crippen molar-refractivity contribution in [2.75, 3.05) is 7.11 Å². The van der Waals surface area contributed by atoms with Crippen LogP contribution in [0.5, 0.6) is 5.75 Å². The number of nitrogens with zero attached hydrogens (tertiary/aromatic N) is 5. The van der Waals surface area contributed by atoms with Crippen molar-refractivity contribution in [1.29, 1.82) is 0 Å². The standard InChI is InChI=1S/C31H34N6O2/c1-4-28(30-33-34-35-37(30)18-17-23-10-6-5-7-11-23)36(20-24-13-15-27(39-3)16-14-24)21-26-19-25-12-8-9-22(2)29(25)32-31(26)38/h5-16,19,28H,4,17-18,20-21H2,1-3H3,(H,32,38)/t28-/m1/s1. The van der Waals surface area contributed by atoms with Crippen molar-refractivity contribution in [1.82, 2.24) is 30.1 Å². The Bertz CT molecular complexity index is 1580. The number of hydrogen-bond donors (Lipinski definition) is 1. The molecule has 8 heteroatoms. The third kappa shape index (κ3) is 6.07. The first kappa shape index (κ1) is 26.3. The molecule has 0 bridgehead atoms. The van der Waals surface area contributed by atoms with E-state index in [1.54, 1.807) is 7.11 Å². The Morgan fingerprint density at radius 2 is 1.77 bits per heavy atom. The molecule has 0 unspecified atom stereocenters. The van der Waals surface area contributed by atoms with Crippen LogP contribution in [-0.2, 0) is 26.1 Å². The number of hydrogen-bond acceptors (Lipinski definition) is 6. The monoisotopic (exact) mass is 522 g/mol. The second kappa shape index (κ2) is 12.0. The summed E-state index contributed by atoms with van der Waals surface area (Å²) in [4.78, 5) is 18.6. The van der Waals surface area contributed by atoms with Gasteiger partial charge < -0.3 is 9.72 Å². The van der Waals surface area contributed by atoms with Gasteiger partial charge in [0.1, 0.15) is 5.75 Å². The lowest BCUT2D eigenvalue weighted by Gasteiger charge is -2.30. The van der Waals surface area contributed by atoms with E-state index < -0.39 is 0 Å². The Morgan fingerprint density at radius 3 is 2.51 bits per heavy atom. The number of pyridine rings is 1. The summed E-state index contributed by atoms with van der Waals surface area (Å²) < 4.78 is 7.25. The van der Waals surface area contributed by atoms with Crippen molar-refractivity contribution in [3.05, 3.63) is 117 Å². The quantitative estimate of drug-likeness (QED) is 0.256. The Balaban J connectivity index is 1.48. The van der Waals surface area contributed by atoms with Crippen LogP contribution in [0.25, 0.3) is 10.9 Å². The molecule has 1 atom stereocenters. The number of H-pyrrole nitrogens is 1. The number of rotatable bonds is 11. The average molecular weight is 523 g/mol. The molecule has 1 N–H and O–H groups in total. The fourth-order valence-electron chi connectivity index (χ4n) is 5.10. The van der Waals surface area contributed by atoms with Gasteiger partial charge in [0.25, 0.3) is 5.56 Å². The Morgan fingerprint density at radius 1 is 0.974 bits per heavy atom. The number of aryl methyl sites for hydroxylation is 3. The SMILES string of the molecule is CC[C@H](c1nnnn1CCc1ccccc1)N(Cc1ccc(OC)cc1)Cc1cc2cccc(C)c2[nH]c1=O. The molecule has 0 saturated carbocycles. The second-order valence-corrected chi connectivity index (χ2v) is 9.84. The molecule has 0 aliphatic carbocycles. The second-order valence-electron chi connectivity index (χ2n) is 9.84. The molecule has 39 heavy (non-hydrogen) atoms. The number of methoxy groups -OCH3 is 1. The number of aromatic amines is 1. The van der Waals surface area contributed by atoms with Crippen LogP contribution >= 0.6 is 0 Å². The number of aromatic nitrogens is 5. The Hall–Kier alpha value is -4.30. The van der Waals surface area contributed by atoms with Gasteiger partial charge in [-0.25, -0.2) is 4.68 Å². The van der Waals surface area contributed by atoms with Crippen LogP contribution in [0.4, 0.5) is 0 Å². The minimum Gasteiger partial charge on any atom is -0.497 e. The Labute approximate surface area is 228 Å². The predicted octanol–water partition coefficient (Wildman–Crippen LogP) is 5.23. The first-order valence-electron chi connectivity index (χ1n) is 13.3. The predicted molar refractivity (Wildman–Crippen MR) is 153 cm³/mol. The van der Waals surface area contributed by atoms with E-state index in [9.17, 15) is 4.79 Å². The van der Waals surface area contributed by atoms with Gasteiger partial charge in [0.05, 0.1) is 18.7 Å². The van der Waals surface area contributed by atoms with E-state index in [1.165, 1.54) is 5.56 Å². The first-order valence-corrected chi connectivity index (χ1v) is 13.3. The van der Waals surface area contributed by atoms with Gasteiger partial charge in [-0.3, -0.25) is 9.69 Å². The normalized spacial score (nSPS) is 12.2. The lowest BCUT2D eigenvalue weighted by molar-refractivity contribution is 0.160. The first-order chi connectivity index (χ1) is 19.1. The maximum absolute atomic E-state index is 13.2. The van der Waals surface area contributed by atoms with Crippen LogP contribution < -0.4 is 10.3 Å². The maximum atomic E-state index is 13.2. The van der Waals surface area contributed by atoms with Gasteiger partial charge in [0.15, 0.2) is 5.82 Å². The molecule has 0 fully saturated rings. The molecule has 0 aliphatic rings. The van der Waals surface area contributed by atoms with E-state index in [0.29, 0.717) is 25.2 Å². The van der Waals surface area contributed by atoms with Gasteiger partial charge in [0, 0.05) is 25.2 Å². The van der Waals surface area contributed by atoms with Crippen molar-refractivity contribution >= 4 is 10.9 Å². The fraction of sp³-hybridized carbons (Fsp3) is 0.290. The minimum atomic E-state index is -0.0921. The number of ether oxygens (including phenoxy) is 1. The van der Waals surface area contributed by atoms with Crippen LogP contribution in [0, 0.1) is 6.92 Å². The van der Waals surface area contributed by atoms with Crippen molar-refractivity contribution in [3.63, 3.8) is 0 Å². The van der Waals surface area contributed by atoms with E-state index in [2.05, 4.69) is 56.6 Å². The van der Waals surface area contributed by atoms with Gasteiger partial charge in [-0.15, -0.1) is 5.10 Å². The fourth-order valence-corrected chi connectivity index (χ4v) is 5.10. The molecule has 5 aromatic rings. The van der Waals surface area contributed by atoms with Gasteiger partial charge in [-0.2, -0.15) is 0 Å². The van der Waals surface area contributed by atoms with Gasteiger partial charge in [-0.05, 0) is 70.5 Å². The molecule has 0 amide bonds. The summed E-state index contributed by atoms with van der Waals surface area (Å²) in [5.41, 5.74) is 4.92. The molecule has 0 radical (unpaired) electrons.